The average molecular weight is 647 g/mol. The Morgan fingerprint density at radius 2 is 0.863 bits per heavy atom. The van der Waals surface area contributed by atoms with E-state index in [1.807, 2.05) is 0 Å². The van der Waals surface area contributed by atoms with Gasteiger partial charge in [-0.2, -0.15) is 0 Å². The topological polar surface area (TPSA) is 13.1 Å². The molecule has 0 saturated heterocycles. The van der Waals surface area contributed by atoms with Crippen LogP contribution in [0, 0.1) is 0 Å². The first kappa shape index (κ1) is 28.2. The summed E-state index contributed by atoms with van der Waals surface area (Å²) in [6.45, 7) is 0. The van der Waals surface area contributed by atoms with Crippen LogP contribution in [0.1, 0.15) is 0 Å². The van der Waals surface area contributed by atoms with Crippen LogP contribution in [0.5, 0.6) is 0 Å². The second-order valence-corrected chi connectivity index (χ2v) is 13.6. The Bertz CT molecular complexity index is 3070. The Hall–Kier alpha value is -6.70. The minimum Gasteiger partial charge on any atom is -0.456 e. The predicted molar refractivity (Wildman–Crippen MR) is 217 cm³/mol. The van der Waals surface area contributed by atoms with Gasteiger partial charge in [0.05, 0.1) is 0 Å². The number of fused-ring (bicyclic) bond motifs is 3. The minimum absolute atomic E-state index is 0.939. The van der Waals surface area contributed by atoms with Crippen molar-refractivity contribution < 1.29 is 4.42 Å². The summed E-state index contributed by atoms with van der Waals surface area (Å²) >= 11 is 0. The van der Waals surface area contributed by atoms with Gasteiger partial charge in [0, 0.05) is 10.8 Å². The van der Waals surface area contributed by atoms with Gasteiger partial charge in [-0.05, 0) is 118 Å². The van der Waals surface area contributed by atoms with Crippen molar-refractivity contribution in [2.24, 2.45) is 0 Å². The molecule has 0 aliphatic heterocycles. The van der Waals surface area contributed by atoms with Gasteiger partial charge in [-0.1, -0.05) is 152 Å². The summed E-state index contributed by atoms with van der Waals surface area (Å²) in [6, 6.07) is 66.4. The second-order valence-electron chi connectivity index (χ2n) is 13.6. The molecule has 0 aliphatic carbocycles. The van der Waals surface area contributed by atoms with Crippen LogP contribution < -0.4 is 0 Å². The smallest absolute Gasteiger partial charge is 0.136 e. The molecule has 236 valence electrons. The molecule has 0 N–H and O–H groups in total. The zero-order valence-electron chi connectivity index (χ0n) is 27.7. The first-order valence-corrected chi connectivity index (χ1v) is 17.6. The van der Waals surface area contributed by atoms with E-state index in [2.05, 4.69) is 182 Å². The summed E-state index contributed by atoms with van der Waals surface area (Å²) in [5, 5.41) is 12.4. The largest absolute Gasteiger partial charge is 0.456 e. The first-order chi connectivity index (χ1) is 25.3. The second kappa shape index (κ2) is 10.9. The van der Waals surface area contributed by atoms with Crippen molar-refractivity contribution in [1.29, 1.82) is 0 Å². The van der Waals surface area contributed by atoms with E-state index >= 15 is 0 Å². The standard InChI is InChI=1S/C50H30O/c1-2-12-31(13-3-1)33-27-26-32-14-9-22-41(43(32)29-33)49-39-20-6-4-18-37(39)47(38-19-5-7-21-40(38)49)35-16-8-15-34(28-35)44-30-36-17-10-24-45-48(36)50-42(44)23-11-25-46(50)51-45/h1-30H. The van der Waals surface area contributed by atoms with Crippen LogP contribution >= 0.6 is 0 Å². The van der Waals surface area contributed by atoms with Gasteiger partial charge in [0.1, 0.15) is 11.2 Å². The molecule has 11 aromatic rings. The van der Waals surface area contributed by atoms with E-state index in [9.17, 15) is 0 Å². The zero-order chi connectivity index (χ0) is 33.5. The molecule has 1 aromatic heterocycles. The fourth-order valence-electron chi connectivity index (χ4n) is 8.58. The van der Waals surface area contributed by atoms with Crippen LogP contribution in [0.3, 0.4) is 0 Å². The van der Waals surface area contributed by atoms with E-state index in [1.165, 1.54) is 98.4 Å². The fourth-order valence-corrected chi connectivity index (χ4v) is 8.58. The van der Waals surface area contributed by atoms with E-state index < -0.39 is 0 Å². The molecule has 0 bridgehead atoms. The molecule has 1 heterocycles. The van der Waals surface area contributed by atoms with Crippen molar-refractivity contribution in [2.75, 3.05) is 0 Å². The zero-order valence-corrected chi connectivity index (χ0v) is 27.7. The maximum absolute atomic E-state index is 6.30. The van der Waals surface area contributed by atoms with Crippen molar-refractivity contribution >= 4 is 65.0 Å². The van der Waals surface area contributed by atoms with Gasteiger partial charge >= 0.3 is 0 Å². The van der Waals surface area contributed by atoms with Gasteiger partial charge in [0.15, 0.2) is 0 Å². The highest BCUT2D eigenvalue weighted by Gasteiger charge is 2.20. The Labute approximate surface area is 295 Å². The number of furan rings is 1. The highest BCUT2D eigenvalue weighted by molar-refractivity contribution is 6.26. The lowest BCUT2D eigenvalue weighted by Gasteiger charge is -2.19. The van der Waals surface area contributed by atoms with Crippen molar-refractivity contribution in [3.63, 3.8) is 0 Å². The molecule has 0 aliphatic rings. The molecule has 1 nitrogen and oxygen atoms in total. The number of hydrogen-bond donors (Lipinski definition) is 0. The van der Waals surface area contributed by atoms with Crippen molar-refractivity contribution in [2.45, 2.75) is 0 Å². The summed E-state index contributed by atoms with van der Waals surface area (Å²) < 4.78 is 6.30. The predicted octanol–water partition coefficient (Wildman–Crippen LogP) is 14.3. The van der Waals surface area contributed by atoms with Gasteiger partial charge in [0.2, 0.25) is 0 Å². The minimum atomic E-state index is 0.939. The summed E-state index contributed by atoms with van der Waals surface area (Å²) in [5.41, 5.74) is 11.8. The lowest BCUT2D eigenvalue weighted by Crippen LogP contribution is -1.92. The Kier molecular flexibility index (Phi) is 6.02. The van der Waals surface area contributed by atoms with Gasteiger partial charge in [-0.25, -0.2) is 0 Å². The molecule has 0 radical (unpaired) electrons. The molecule has 0 fully saturated rings. The number of hydrogen-bond acceptors (Lipinski definition) is 1. The van der Waals surface area contributed by atoms with Gasteiger partial charge in [-0.15, -0.1) is 0 Å². The molecule has 0 spiro atoms. The van der Waals surface area contributed by atoms with E-state index in [4.69, 9.17) is 4.42 Å². The highest BCUT2D eigenvalue weighted by Crippen LogP contribution is 2.47. The molecule has 10 aromatic carbocycles. The molecule has 0 saturated carbocycles. The summed E-state index contributed by atoms with van der Waals surface area (Å²) in [5.74, 6) is 0. The third-order valence-electron chi connectivity index (χ3n) is 10.8. The molecule has 0 unspecified atom stereocenters. The van der Waals surface area contributed by atoms with Crippen LogP contribution in [0.4, 0.5) is 0 Å². The third kappa shape index (κ3) is 4.22. The van der Waals surface area contributed by atoms with Crippen LogP contribution in [-0.2, 0) is 0 Å². The van der Waals surface area contributed by atoms with Crippen LogP contribution in [0.2, 0.25) is 0 Å². The third-order valence-corrected chi connectivity index (χ3v) is 10.8. The molecule has 0 atom stereocenters. The maximum Gasteiger partial charge on any atom is 0.136 e. The van der Waals surface area contributed by atoms with Crippen LogP contribution in [0.25, 0.3) is 110 Å². The van der Waals surface area contributed by atoms with E-state index in [-0.39, 0.29) is 0 Å². The quantitative estimate of drug-likeness (QED) is 0.137. The molecule has 1 heteroatoms. The summed E-state index contributed by atoms with van der Waals surface area (Å²) in [7, 11) is 0. The Balaban J connectivity index is 1.17. The van der Waals surface area contributed by atoms with E-state index in [0.29, 0.717) is 0 Å². The molecule has 51 heavy (non-hydrogen) atoms. The highest BCUT2D eigenvalue weighted by atomic mass is 16.3. The van der Waals surface area contributed by atoms with Crippen LogP contribution in [0.15, 0.2) is 186 Å². The van der Waals surface area contributed by atoms with E-state index in [1.54, 1.807) is 0 Å². The van der Waals surface area contributed by atoms with Gasteiger partial charge in [-0.3, -0.25) is 0 Å². The van der Waals surface area contributed by atoms with Crippen molar-refractivity contribution in [3.8, 4) is 44.5 Å². The average Bonchev–Trinajstić information content (AvgIpc) is 3.59. The molecule has 0 amide bonds. The molecular weight excluding hydrogens is 617 g/mol. The lowest BCUT2D eigenvalue weighted by molar-refractivity contribution is 0.669. The monoisotopic (exact) mass is 646 g/mol. The first-order valence-electron chi connectivity index (χ1n) is 17.6. The Morgan fingerprint density at radius 3 is 1.65 bits per heavy atom. The lowest BCUT2D eigenvalue weighted by atomic mass is 9.84. The van der Waals surface area contributed by atoms with Crippen LogP contribution in [-0.4, -0.2) is 0 Å². The van der Waals surface area contributed by atoms with Gasteiger partial charge in [0.25, 0.3) is 0 Å². The number of benzene rings is 10. The summed E-state index contributed by atoms with van der Waals surface area (Å²) in [6.07, 6.45) is 0. The molecule has 11 rings (SSSR count). The fraction of sp³-hybridized carbons (Fsp3) is 0. The van der Waals surface area contributed by atoms with Gasteiger partial charge < -0.3 is 4.42 Å². The number of rotatable bonds is 4. The Morgan fingerprint density at radius 1 is 0.275 bits per heavy atom. The van der Waals surface area contributed by atoms with Crippen molar-refractivity contribution in [3.05, 3.63) is 182 Å². The van der Waals surface area contributed by atoms with E-state index in [0.717, 1.165) is 11.2 Å². The SMILES string of the molecule is c1ccc(-c2ccc3cccc(-c4c5ccccc5c(-c5cccc(-c6cc7cccc8oc9cccc6c9c78)c5)c5ccccc45)c3c2)cc1. The normalized spacial score (nSPS) is 11.9. The summed E-state index contributed by atoms with van der Waals surface area (Å²) in [4.78, 5) is 0. The van der Waals surface area contributed by atoms with Crippen molar-refractivity contribution in [1.82, 2.24) is 0 Å². The maximum atomic E-state index is 6.30. The molecular formula is C50H30O.